The Kier molecular flexibility index (Phi) is 4.04. The Balaban J connectivity index is 1.81. The van der Waals surface area contributed by atoms with Crippen LogP contribution < -0.4 is 10.1 Å². The van der Waals surface area contributed by atoms with Crippen LogP contribution in [0.2, 0.25) is 10.0 Å². The summed E-state index contributed by atoms with van der Waals surface area (Å²) in [5.41, 5.74) is 1.94. The van der Waals surface area contributed by atoms with Crippen LogP contribution in [0, 0.1) is 0 Å². The molecular formula is C16H13Cl2NO2. The van der Waals surface area contributed by atoms with Crippen molar-refractivity contribution in [1.82, 2.24) is 0 Å². The minimum Gasteiger partial charge on any atom is -0.479 e. The Morgan fingerprint density at radius 1 is 1.14 bits per heavy atom. The van der Waals surface area contributed by atoms with Gasteiger partial charge < -0.3 is 10.1 Å². The molecule has 0 fully saturated rings. The summed E-state index contributed by atoms with van der Waals surface area (Å²) in [5, 5.41) is 3.85. The van der Waals surface area contributed by atoms with Gasteiger partial charge in [-0.3, -0.25) is 4.79 Å². The Hall–Kier alpha value is -1.71. The fraction of sp³-hybridized carbons (Fsp3) is 0.188. The third-order valence-corrected chi connectivity index (χ3v) is 3.95. The van der Waals surface area contributed by atoms with Crippen molar-refractivity contribution in [1.29, 1.82) is 0 Å². The van der Waals surface area contributed by atoms with Gasteiger partial charge in [0.05, 0.1) is 5.02 Å². The molecule has 1 heterocycles. The molecule has 108 valence electrons. The Bertz CT molecular complexity index is 688. The highest BCUT2D eigenvalue weighted by Crippen LogP contribution is 2.30. The summed E-state index contributed by atoms with van der Waals surface area (Å²) in [4.78, 5) is 12.3. The molecular weight excluding hydrogens is 309 g/mol. The Morgan fingerprint density at radius 2 is 1.95 bits per heavy atom. The van der Waals surface area contributed by atoms with E-state index < -0.39 is 6.10 Å². The molecule has 0 saturated carbocycles. The Labute approximate surface area is 132 Å². The van der Waals surface area contributed by atoms with E-state index in [-0.39, 0.29) is 5.91 Å². The summed E-state index contributed by atoms with van der Waals surface area (Å²) >= 11 is 12.0. The molecule has 1 aliphatic heterocycles. The van der Waals surface area contributed by atoms with Gasteiger partial charge in [-0.25, -0.2) is 0 Å². The standard InChI is InChI=1S/C16H13Cl2NO2/c17-11-6-7-12(18)15(9-11)21-14-8-5-10-3-1-2-4-13(10)19-16(14)20/h1-4,6-7,9,14H,5,8H2,(H,19,20). The van der Waals surface area contributed by atoms with Crippen LogP contribution in [0.15, 0.2) is 42.5 Å². The molecule has 1 atom stereocenters. The monoisotopic (exact) mass is 321 g/mol. The molecule has 0 bridgehead atoms. The van der Waals surface area contributed by atoms with Gasteiger partial charge in [0.15, 0.2) is 6.10 Å². The molecule has 1 unspecified atom stereocenters. The summed E-state index contributed by atoms with van der Waals surface area (Å²) in [6.45, 7) is 0. The van der Waals surface area contributed by atoms with Gasteiger partial charge in [0.25, 0.3) is 5.91 Å². The molecule has 2 aromatic rings. The van der Waals surface area contributed by atoms with E-state index in [0.717, 1.165) is 17.7 Å². The van der Waals surface area contributed by atoms with Gasteiger partial charge >= 0.3 is 0 Å². The normalized spacial score (nSPS) is 17.6. The molecule has 0 spiro atoms. The van der Waals surface area contributed by atoms with Crippen molar-refractivity contribution in [3.8, 4) is 5.75 Å². The molecule has 0 aromatic heterocycles. The van der Waals surface area contributed by atoms with Crippen LogP contribution in [0.3, 0.4) is 0 Å². The van der Waals surface area contributed by atoms with Crippen molar-refractivity contribution < 1.29 is 9.53 Å². The molecule has 3 nitrogen and oxygen atoms in total. The van der Waals surface area contributed by atoms with Crippen LogP contribution in [0.25, 0.3) is 0 Å². The lowest BCUT2D eigenvalue weighted by Gasteiger charge is -2.17. The number of hydrogen-bond acceptors (Lipinski definition) is 2. The van der Waals surface area contributed by atoms with Crippen molar-refractivity contribution in [2.24, 2.45) is 0 Å². The zero-order chi connectivity index (χ0) is 14.8. The number of carbonyl (C=O) groups is 1. The first kappa shape index (κ1) is 14.2. The minimum atomic E-state index is -0.589. The number of amides is 1. The predicted octanol–water partition coefficient (Wildman–Crippen LogP) is 4.33. The minimum absolute atomic E-state index is 0.170. The SMILES string of the molecule is O=C1Nc2ccccc2CCC1Oc1cc(Cl)ccc1Cl. The molecule has 1 N–H and O–H groups in total. The molecule has 1 amide bonds. The number of carbonyl (C=O) groups excluding carboxylic acids is 1. The summed E-state index contributed by atoms with van der Waals surface area (Å²) in [6.07, 6.45) is 0.761. The van der Waals surface area contributed by atoms with Gasteiger partial charge in [0, 0.05) is 16.8 Å². The van der Waals surface area contributed by atoms with Crippen molar-refractivity contribution >= 4 is 34.8 Å². The summed E-state index contributed by atoms with van der Waals surface area (Å²) in [5.74, 6) is 0.256. The van der Waals surface area contributed by atoms with E-state index >= 15 is 0 Å². The fourth-order valence-corrected chi connectivity index (χ4v) is 2.65. The van der Waals surface area contributed by atoms with E-state index in [1.165, 1.54) is 0 Å². The topological polar surface area (TPSA) is 38.3 Å². The van der Waals surface area contributed by atoms with Gasteiger partial charge in [-0.2, -0.15) is 0 Å². The lowest BCUT2D eigenvalue weighted by molar-refractivity contribution is -0.122. The lowest BCUT2D eigenvalue weighted by atomic mass is 10.1. The van der Waals surface area contributed by atoms with E-state index in [2.05, 4.69) is 5.32 Å². The number of para-hydroxylation sites is 1. The number of aryl methyl sites for hydroxylation is 1. The van der Waals surface area contributed by atoms with Crippen molar-refractivity contribution in [2.45, 2.75) is 18.9 Å². The third kappa shape index (κ3) is 3.14. The number of anilines is 1. The first-order valence-electron chi connectivity index (χ1n) is 6.64. The molecule has 2 aromatic carbocycles. The van der Waals surface area contributed by atoms with Crippen LogP contribution in [0.5, 0.6) is 5.75 Å². The predicted molar refractivity (Wildman–Crippen MR) is 84.3 cm³/mol. The zero-order valence-electron chi connectivity index (χ0n) is 11.1. The highest BCUT2D eigenvalue weighted by molar-refractivity contribution is 6.34. The zero-order valence-corrected chi connectivity index (χ0v) is 12.6. The maximum atomic E-state index is 12.3. The number of ether oxygens (including phenoxy) is 1. The quantitative estimate of drug-likeness (QED) is 0.894. The summed E-state index contributed by atoms with van der Waals surface area (Å²) < 4.78 is 5.76. The first-order chi connectivity index (χ1) is 10.1. The molecule has 0 saturated heterocycles. The average molecular weight is 322 g/mol. The van der Waals surface area contributed by atoms with Gasteiger partial charge in [0.2, 0.25) is 0 Å². The smallest absolute Gasteiger partial charge is 0.265 e. The molecule has 1 aliphatic rings. The second-order valence-corrected chi connectivity index (χ2v) is 5.71. The third-order valence-electron chi connectivity index (χ3n) is 3.41. The molecule has 21 heavy (non-hydrogen) atoms. The van der Waals surface area contributed by atoms with Crippen molar-refractivity contribution in [3.05, 3.63) is 58.1 Å². The van der Waals surface area contributed by atoms with E-state index in [4.69, 9.17) is 27.9 Å². The average Bonchev–Trinajstić information content (AvgIpc) is 2.62. The highest BCUT2D eigenvalue weighted by Gasteiger charge is 2.25. The molecule has 5 heteroatoms. The molecule has 0 aliphatic carbocycles. The fourth-order valence-electron chi connectivity index (χ4n) is 2.32. The van der Waals surface area contributed by atoms with Gasteiger partial charge in [-0.05, 0) is 36.6 Å². The van der Waals surface area contributed by atoms with Crippen LogP contribution in [-0.2, 0) is 11.2 Å². The summed E-state index contributed by atoms with van der Waals surface area (Å²) in [7, 11) is 0. The highest BCUT2D eigenvalue weighted by atomic mass is 35.5. The Morgan fingerprint density at radius 3 is 2.81 bits per heavy atom. The number of hydrogen-bond donors (Lipinski definition) is 1. The van der Waals surface area contributed by atoms with Crippen LogP contribution in [0.1, 0.15) is 12.0 Å². The number of halogens is 2. The van der Waals surface area contributed by atoms with Crippen LogP contribution >= 0.6 is 23.2 Å². The van der Waals surface area contributed by atoms with E-state index in [1.54, 1.807) is 18.2 Å². The van der Waals surface area contributed by atoms with Crippen molar-refractivity contribution in [3.63, 3.8) is 0 Å². The van der Waals surface area contributed by atoms with Gasteiger partial charge in [-0.1, -0.05) is 41.4 Å². The first-order valence-corrected chi connectivity index (χ1v) is 7.39. The lowest BCUT2D eigenvalue weighted by Crippen LogP contribution is -2.31. The number of nitrogens with one attached hydrogen (secondary N) is 1. The van der Waals surface area contributed by atoms with Gasteiger partial charge in [-0.15, -0.1) is 0 Å². The van der Waals surface area contributed by atoms with Crippen molar-refractivity contribution in [2.75, 3.05) is 5.32 Å². The summed E-state index contributed by atoms with van der Waals surface area (Å²) in [6, 6.07) is 12.7. The maximum absolute atomic E-state index is 12.3. The van der Waals surface area contributed by atoms with E-state index in [9.17, 15) is 4.79 Å². The largest absolute Gasteiger partial charge is 0.479 e. The number of rotatable bonds is 2. The second-order valence-electron chi connectivity index (χ2n) is 4.87. The van der Waals surface area contributed by atoms with E-state index in [1.807, 2.05) is 24.3 Å². The van der Waals surface area contributed by atoms with Crippen LogP contribution in [-0.4, -0.2) is 12.0 Å². The number of fused-ring (bicyclic) bond motifs is 1. The second kappa shape index (κ2) is 5.96. The van der Waals surface area contributed by atoms with Gasteiger partial charge in [0.1, 0.15) is 5.75 Å². The van der Waals surface area contributed by atoms with E-state index in [0.29, 0.717) is 22.2 Å². The molecule has 3 rings (SSSR count). The molecule has 0 radical (unpaired) electrons. The number of benzene rings is 2. The van der Waals surface area contributed by atoms with Crippen LogP contribution in [0.4, 0.5) is 5.69 Å². The maximum Gasteiger partial charge on any atom is 0.265 e.